The third-order valence-electron chi connectivity index (χ3n) is 7.01. The number of carbonyl (C=O) groups excluding carboxylic acids is 3. The highest BCUT2D eigenvalue weighted by Crippen LogP contribution is 2.33. The summed E-state index contributed by atoms with van der Waals surface area (Å²) in [6.45, 7) is 10.2. The molecule has 36 heavy (non-hydrogen) atoms. The van der Waals surface area contributed by atoms with Crippen molar-refractivity contribution in [3.63, 3.8) is 0 Å². The van der Waals surface area contributed by atoms with Crippen molar-refractivity contribution in [3.8, 4) is 5.75 Å². The van der Waals surface area contributed by atoms with Crippen molar-refractivity contribution < 1.29 is 19.1 Å². The molecule has 3 rings (SSSR count). The van der Waals surface area contributed by atoms with Gasteiger partial charge in [-0.25, -0.2) is 0 Å². The van der Waals surface area contributed by atoms with Crippen LogP contribution < -0.4 is 20.7 Å². The van der Waals surface area contributed by atoms with E-state index in [9.17, 15) is 14.4 Å². The summed E-state index contributed by atoms with van der Waals surface area (Å²) in [6.07, 6.45) is 5.36. The molecule has 0 saturated heterocycles. The van der Waals surface area contributed by atoms with Gasteiger partial charge in [0.1, 0.15) is 23.9 Å². The van der Waals surface area contributed by atoms with E-state index >= 15 is 0 Å². The standard InChI is InChI=1S/C27H43N5O4/c1-16(2)14-22-26(34)30-17(3)9-12-21-23(8-7-13-28-21)36-18(4)15-29-24(20-10-11-20)27(35)32(6)19(5)25(33)31-22/h7-8,13,16-20,22,24,29H,9-12,14-15H2,1-6H3,(H,30,34)(H,31,33)/t17-,18+,19+,22+,24-/m0/s1. The second-order valence-electron chi connectivity index (χ2n) is 10.9. The Morgan fingerprint density at radius 3 is 2.47 bits per heavy atom. The molecule has 0 aromatic carbocycles. The van der Waals surface area contributed by atoms with E-state index in [0.29, 0.717) is 25.8 Å². The zero-order chi connectivity index (χ0) is 26.4. The van der Waals surface area contributed by atoms with E-state index in [1.807, 2.05) is 39.8 Å². The van der Waals surface area contributed by atoms with Gasteiger partial charge in [0.05, 0.1) is 11.7 Å². The molecule has 1 aromatic rings. The zero-order valence-corrected chi connectivity index (χ0v) is 22.5. The summed E-state index contributed by atoms with van der Waals surface area (Å²) in [5, 5.41) is 9.36. The Kier molecular flexibility index (Phi) is 9.70. The van der Waals surface area contributed by atoms with Gasteiger partial charge < -0.3 is 25.6 Å². The van der Waals surface area contributed by atoms with Crippen LogP contribution in [0.5, 0.6) is 5.75 Å². The molecular formula is C27H43N5O4. The minimum atomic E-state index is -0.703. The lowest BCUT2D eigenvalue weighted by atomic mass is 10.0. The molecular weight excluding hydrogens is 458 g/mol. The lowest BCUT2D eigenvalue weighted by molar-refractivity contribution is -0.141. The zero-order valence-electron chi connectivity index (χ0n) is 22.5. The predicted molar refractivity (Wildman–Crippen MR) is 138 cm³/mol. The second kappa shape index (κ2) is 12.5. The van der Waals surface area contributed by atoms with Crippen LogP contribution in [-0.4, -0.2) is 71.5 Å². The van der Waals surface area contributed by atoms with Gasteiger partial charge in [0.25, 0.3) is 0 Å². The van der Waals surface area contributed by atoms with E-state index in [1.165, 1.54) is 4.90 Å². The summed E-state index contributed by atoms with van der Waals surface area (Å²) in [7, 11) is 1.66. The second-order valence-corrected chi connectivity index (χ2v) is 10.9. The Morgan fingerprint density at radius 2 is 1.81 bits per heavy atom. The molecule has 5 atom stereocenters. The summed E-state index contributed by atoms with van der Waals surface area (Å²) in [5.41, 5.74) is 0.835. The molecule has 0 spiro atoms. The minimum Gasteiger partial charge on any atom is -0.487 e. The average Bonchev–Trinajstić information content (AvgIpc) is 3.66. The van der Waals surface area contributed by atoms with Crippen molar-refractivity contribution >= 4 is 17.7 Å². The predicted octanol–water partition coefficient (Wildman–Crippen LogP) is 2.05. The third-order valence-corrected chi connectivity index (χ3v) is 7.01. The first-order chi connectivity index (χ1) is 17.1. The van der Waals surface area contributed by atoms with E-state index in [4.69, 9.17) is 4.74 Å². The molecule has 0 unspecified atom stereocenters. The summed E-state index contributed by atoms with van der Waals surface area (Å²) >= 11 is 0. The number of likely N-dealkylation sites (N-methyl/N-ethyl adjacent to an activating group) is 1. The number of ether oxygens (including phenoxy) is 1. The van der Waals surface area contributed by atoms with E-state index < -0.39 is 12.1 Å². The first-order valence-corrected chi connectivity index (χ1v) is 13.3. The summed E-state index contributed by atoms with van der Waals surface area (Å²) in [6, 6.07) is 1.90. The molecule has 1 aromatic heterocycles. The van der Waals surface area contributed by atoms with Crippen LogP contribution in [0, 0.1) is 11.8 Å². The Hall–Kier alpha value is -2.68. The van der Waals surface area contributed by atoms with Gasteiger partial charge in [0.2, 0.25) is 17.7 Å². The Balaban J connectivity index is 1.86. The number of fused-ring (bicyclic) bond motifs is 1. The maximum Gasteiger partial charge on any atom is 0.243 e. The highest BCUT2D eigenvalue weighted by Gasteiger charge is 2.39. The fourth-order valence-corrected chi connectivity index (χ4v) is 4.51. The highest BCUT2D eigenvalue weighted by molar-refractivity contribution is 5.93. The fourth-order valence-electron chi connectivity index (χ4n) is 4.51. The van der Waals surface area contributed by atoms with Crippen LogP contribution in [0.2, 0.25) is 0 Å². The molecule has 200 valence electrons. The largest absolute Gasteiger partial charge is 0.487 e. The number of pyridine rings is 1. The average molecular weight is 502 g/mol. The normalized spacial score (nSPS) is 29.5. The van der Waals surface area contributed by atoms with Gasteiger partial charge in [0, 0.05) is 25.8 Å². The quantitative estimate of drug-likeness (QED) is 0.584. The SMILES string of the molecule is CC(C)C[C@H]1NC(=O)[C@@H](C)N(C)C(=O)[C@H](C2CC2)NC[C@@H](C)Oc2cccnc2CC[C@H](C)NC1=O. The summed E-state index contributed by atoms with van der Waals surface area (Å²) in [4.78, 5) is 45.7. The van der Waals surface area contributed by atoms with Crippen LogP contribution in [0.15, 0.2) is 18.3 Å². The molecule has 1 aliphatic heterocycles. The number of aromatic nitrogens is 1. The van der Waals surface area contributed by atoms with Gasteiger partial charge in [-0.15, -0.1) is 0 Å². The number of carbonyl (C=O) groups is 3. The lowest BCUT2D eigenvalue weighted by Crippen LogP contribution is -2.57. The molecule has 2 aliphatic rings. The van der Waals surface area contributed by atoms with E-state index in [2.05, 4.69) is 20.9 Å². The molecule has 0 radical (unpaired) electrons. The number of nitrogens with zero attached hydrogens (tertiary/aromatic N) is 2. The van der Waals surface area contributed by atoms with Crippen molar-refractivity contribution in [2.24, 2.45) is 11.8 Å². The van der Waals surface area contributed by atoms with E-state index in [-0.39, 0.29) is 47.7 Å². The highest BCUT2D eigenvalue weighted by atomic mass is 16.5. The van der Waals surface area contributed by atoms with Gasteiger partial charge >= 0.3 is 0 Å². The van der Waals surface area contributed by atoms with Crippen molar-refractivity contribution in [2.45, 2.75) is 97.0 Å². The van der Waals surface area contributed by atoms with Crippen LogP contribution in [0.25, 0.3) is 0 Å². The number of nitrogens with one attached hydrogen (secondary N) is 3. The Bertz CT molecular complexity index is 919. The molecule has 1 aliphatic carbocycles. The van der Waals surface area contributed by atoms with Crippen molar-refractivity contribution in [1.82, 2.24) is 25.8 Å². The maximum absolute atomic E-state index is 13.4. The van der Waals surface area contributed by atoms with E-state index in [0.717, 1.165) is 24.3 Å². The number of hydrogen-bond donors (Lipinski definition) is 3. The van der Waals surface area contributed by atoms with Gasteiger partial charge in [-0.2, -0.15) is 0 Å². The van der Waals surface area contributed by atoms with Crippen molar-refractivity contribution in [2.75, 3.05) is 13.6 Å². The third kappa shape index (κ3) is 7.66. The molecule has 0 bridgehead atoms. The maximum atomic E-state index is 13.4. The van der Waals surface area contributed by atoms with Crippen molar-refractivity contribution in [3.05, 3.63) is 24.0 Å². The molecule has 2 heterocycles. The minimum absolute atomic E-state index is 0.113. The number of amides is 3. The monoisotopic (exact) mass is 501 g/mol. The Morgan fingerprint density at radius 1 is 1.08 bits per heavy atom. The number of hydrogen-bond acceptors (Lipinski definition) is 6. The first kappa shape index (κ1) is 27.9. The fraction of sp³-hybridized carbons (Fsp3) is 0.704. The van der Waals surface area contributed by atoms with Gasteiger partial charge in [-0.3, -0.25) is 19.4 Å². The van der Waals surface area contributed by atoms with Crippen LogP contribution in [0.4, 0.5) is 0 Å². The molecule has 1 fully saturated rings. The molecule has 3 amide bonds. The van der Waals surface area contributed by atoms with Crippen LogP contribution in [0.1, 0.15) is 66.0 Å². The summed E-state index contributed by atoms with van der Waals surface area (Å²) < 4.78 is 6.21. The van der Waals surface area contributed by atoms with E-state index in [1.54, 1.807) is 20.2 Å². The molecule has 9 nitrogen and oxygen atoms in total. The Labute approximate surface area is 215 Å². The van der Waals surface area contributed by atoms with Gasteiger partial charge in [-0.1, -0.05) is 13.8 Å². The van der Waals surface area contributed by atoms with Crippen LogP contribution >= 0.6 is 0 Å². The smallest absolute Gasteiger partial charge is 0.243 e. The van der Waals surface area contributed by atoms with Gasteiger partial charge in [0.15, 0.2) is 0 Å². The van der Waals surface area contributed by atoms with Crippen LogP contribution in [0.3, 0.4) is 0 Å². The van der Waals surface area contributed by atoms with Crippen LogP contribution in [-0.2, 0) is 20.8 Å². The molecule has 9 heteroatoms. The van der Waals surface area contributed by atoms with Gasteiger partial charge in [-0.05, 0) is 76.8 Å². The topological polar surface area (TPSA) is 113 Å². The van der Waals surface area contributed by atoms with Crippen molar-refractivity contribution in [1.29, 1.82) is 0 Å². The summed E-state index contributed by atoms with van der Waals surface area (Å²) in [5.74, 6) is 0.524. The lowest BCUT2D eigenvalue weighted by Gasteiger charge is -2.31. The molecule has 1 saturated carbocycles. The molecule has 3 N–H and O–H groups in total. The number of aryl methyl sites for hydroxylation is 1. The first-order valence-electron chi connectivity index (χ1n) is 13.3. The number of rotatable bonds is 3.